The van der Waals surface area contributed by atoms with Crippen molar-refractivity contribution in [3.05, 3.63) is 0 Å². The molecule has 1 amide bonds. The van der Waals surface area contributed by atoms with E-state index in [0.717, 1.165) is 57.5 Å². The van der Waals surface area contributed by atoms with Gasteiger partial charge in [0.05, 0.1) is 0 Å². The van der Waals surface area contributed by atoms with E-state index in [9.17, 15) is 9.59 Å². The standard InChI is InChI=1S/C19H34N2O3/c1-19(2,3)24-18(23)20-17-6-4-15(5-7-17)8-11-21-12-9-16(14-22)10-13-21/h14-17H,4-13H2,1-3H3,(H,20,23). The van der Waals surface area contributed by atoms with Crippen molar-refractivity contribution in [3.63, 3.8) is 0 Å². The number of rotatable bonds is 5. The maximum atomic E-state index is 11.8. The van der Waals surface area contributed by atoms with Crippen LogP contribution in [0, 0.1) is 11.8 Å². The number of hydrogen-bond donors (Lipinski definition) is 1. The third-order valence-corrected chi connectivity index (χ3v) is 5.25. The normalized spacial score (nSPS) is 26.8. The molecule has 5 nitrogen and oxygen atoms in total. The molecule has 5 heteroatoms. The van der Waals surface area contributed by atoms with Crippen molar-refractivity contribution in [2.45, 2.75) is 77.4 Å². The highest BCUT2D eigenvalue weighted by Gasteiger charge is 2.25. The van der Waals surface area contributed by atoms with E-state index in [-0.39, 0.29) is 18.1 Å². The molecule has 0 radical (unpaired) electrons. The average molecular weight is 338 g/mol. The number of nitrogens with zero attached hydrogens (tertiary/aromatic N) is 1. The van der Waals surface area contributed by atoms with Crippen LogP contribution in [0.15, 0.2) is 0 Å². The molecule has 1 N–H and O–H groups in total. The number of carbonyl (C=O) groups is 2. The number of aldehydes is 1. The molecule has 0 unspecified atom stereocenters. The summed E-state index contributed by atoms with van der Waals surface area (Å²) >= 11 is 0. The molecule has 2 rings (SSSR count). The number of amides is 1. The van der Waals surface area contributed by atoms with Crippen LogP contribution in [0.1, 0.15) is 65.7 Å². The summed E-state index contributed by atoms with van der Waals surface area (Å²) in [5.41, 5.74) is -0.432. The molecule has 1 saturated heterocycles. The molecule has 0 bridgehead atoms. The van der Waals surface area contributed by atoms with E-state index in [1.165, 1.54) is 19.3 Å². The minimum absolute atomic E-state index is 0.263. The van der Waals surface area contributed by atoms with E-state index in [0.29, 0.717) is 0 Å². The van der Waals surface area contributed by atoms with Gasteiger partial charge in [0, 0.05) is 12.0 Å². The summed E-state index contributed by atoms with van der Waals surface area (Å²) < 4.78 is 5.33. The average Bonchev–Trinajstić information content (AvgIpc) is 2.53. The molecule has 0 aromatic rings. The van der Waals surface area contributed by atoms with Crippen LogP contribution in [0.25, 0.3) is 0 Å². The van der Waals surface area contributed by atoms with Crippen LogP contribution in [0.5, 0.6) is 0 Å². The van der Waals surface area contributed by atoms with Gasteiger partial charge in [-0.3, -0.25) is 0 Å². The molecule has 138 valence electrons. The van der Waals surface area contributed by atoms with Gasteiger partial charge < -0.3 is 19.7 Å². The Kier molecular flexibility index (Phi) is 7.08. The Morgan fingerprint density at radius 1 is 1.12 bits per heavy atom. The second kappa shape index (κ2) is 8.84. The van der Waals surface area contributed by atoms with E-state index < -0.39 is 5.60 Å². The van der Waals surface area contributed by atoms with Crippen molar-refractivity contribution in [1.29, 1.82) is 0 Å². The fourth-order valence-corrected chi connectivity index (χ4v) is 3.75. The molecule has 1 saturated carbocycles. The summed E-state index contributed by atoms with van der Waals surface area (Å²) in [5.74, 6) is 1.06. The zero-order chi connectivity index (χ0) is 17.6. The predicted octanol–water partition coefficient (Wildman–Crippen LogP) is 3.37. The predicted molar refractivity (Wildman–Crippen MR) is 95.0 cm³/mol. The third-order valence-electron chi connectivity index (χ3n) is 5.25. The largest absolute Gasteiger partial charge is 0.444 e. The van der Waals surface area contributed by atoms with Crippen molar-refractivity contribution >= 4 is 12.4 Å². The van der Waals surface area contributed by atoms with Crippen LogP contribution in [0.2, 0.25) is 0 Å². The Hall–Kier alpha value is -1.10. The first kappa shape index (κ1) is 19.2. The number of nitrogens with one attached hydrogen (secondary N) is 1. The number of carbonyl (C=O) groups excluding carboxylic acids is 2. The molecule has 2 aliphatic rings. The SMILES string of the molecule is CC(C)(C)OC(=O)NC1CCC(CCN2CCC(C=O)CC2)CC1. The number of likely N-dealkylation sites (tertiary alicyclic amines) is 1. The van der Waals surface area contributed by atoms with Gasteiger partial charge in [0.15, 0.2) is 0 Å². The maximum absolute atomic E-state index is 11.8. The molecule has 24 heavy (non-hydrogen) atoms. The highest BCUT2D eigenvalue weighted by Crippen LogP contribution is 2.28. The smallest absolute Gasteiger partial charge is 0.407 e. The van der Waals surface area contributed by atoms with Crippen molar-refractivity contribution in [3.8, 4) is 0 Å². The fraction of sp³-hybridized carbons (Fsp3) is 0.895. The monoisotopic (exact) mass is 338 g/mol. The first-order chi connectivity index (χ1) is 11.4. The minimum atomic E-state index is -0.432. The molecule has 0 atom stereocenters. The van der Waals surface area contributed by atoms with Crippen LogP contribution >= 0.6 is 0 Å². The number of ether oxygens (including phenoxy) is 1. The van der Waals surface area contributed by atoms with Gasteiger partial charge in [-0.25, -0.2) is 4.79 Å². The van der Waals surface area contributed by atoms with Gasteiger partial charge in [-0.15, -0.1) is 0 Å². The van der Waals surface area contributed by atoms with E-state index in [2.05, 4.69) is 10.2 Å². The lowest BCUT2D eigenvalue weighted by molar-refractivity contribution is -0.112. The van der Waals surface area contributed by atoms with Gasteiger partial charge in [-0.1, -0.05) is 0 Å². The summed E-state index contributed by atoms with van der Waals surface area (Å²) in [6.45, 7) is 8.96. The van der Waals surface area contributed by atoms with Crippen LogP contribution in [-0.4, -0.2) is 48.6 Å². The van der Waals surface area contributed by atoms with Crippen molar-refractivity contribution in [2.75, 3.05) is 19.6 Å². The third kappa shape index (κ3) is 6.80. The molecule has 1 aliphatic heterocycles. The van der Waals surface area contributed by atoms with Crippen molar-refractivity contribution in [2.24, 2.45) is 11.8 Å². The lowest BCUT2D eigenvalue weighted by atomic mass is 9.84. The Bertz CT molecular complexity index is 403. The summed E-state index contributed by atoms with van der Waals surface area (Å²) in [5, 5.41) is 3.01. The topological polar surface area (TPSA) is 58.6 Å². The van der Waals surface area contributed by atoms with Crippen LogP contribution in [0.3, 0.4) is 0 Å². The Morgan fingerprint density at radius 3 is 2.29 bits per heavy atom. The Labute approximate surface area is 146 Å². The molecule has 0 aromatic heterocycles. The van der Waals surface area contributed by atoms with E-state index in [4.69, 9.17) is 4.74 Å². The molecule has 0 aromatic carbocycles. The zero-order valence-corrected chi connectivity index (χ0v) is 15.6. The van der Waals surface area contributed by atoms with Gasteiger partial charge in [0.1, 0.15) is 11.9 Å². The van der Waals surface area contributed by atoms with E-state index in [1.807, 2.05) is 20.8 Å². The van der Waals surface area contributed by atoms with Gasteiger partial charge >= 0.3 is 6.09 Å². The number of hydrogen-bond acceptors (Lipinski definition) is 4. The second-order valence-electron chi connectivity index (χ2n) is 8.47. The molecule has 1 aliphatic carbocycles. The molecule has 1 heterocycles. The van der Waals surface area contributed by atoms with Gasteiger partial charge in [-0.2, -0.15) is 0 Å². The number of alkyl carbamates (subject to hydrolysis) is 1. The zero-order valence-electron chi connectivity index (χ0n) is 15.6. The van der Waals surface area contributed by atoms with Crippen molar-refractivity contribution < 1.29 is 14.3 Å². The highest BCUT2D eigenvalue weighted by atomic mass is 16.6. The van der Waals surface area contributed by atoms with E-state index >= 15 is 0 Å². The molecule has 0 spiro atoms. The maximum Gasteiger partial charge on any atom is 0.407 e. The lowest BCUT2D eigenvalue weighted by Gasteiger charge is -2.33. The van der Waals surface area contributed by atoms with Crippen LogP contribution in [-0.2, 0) is 9.53 Å². The van der Waals surface area contributed by atoms with Gasteiger partial charge in [0.2, 0.25) is 0 Å². The quantitative estimate of drug-likeness (QED) is 0.781. The summed E-state index contributed by atoms with van der Waals surface area (Å²) in [6, 6.07) is 0.263. The lowest BCUT2D eigenvalue weighted by Crippen LogP contribution is -2.41. The second-order valence-corrected chi connectivity index (χ2v) is 8.47. The first-order valence-corrected chi connectivity index (χ1v) is 9.53. The molecular formula is C19H34N2O3. The van der Waals surface area contributed by atoms with Gasteiger partial charge in [0.25, 0.3) is 0 Å². The fourth-order valence-electron chi connectivity index (χ4n) is 3.75. The van der Waals surface area contributed by atoms with Crippen LogP contribution in [0.4, 0.5) is 4.79 Å². The van der Waals surface area contributed by atoms with Crippen LogP contribution < -0.4 is 5.32 Å². The Balaban J connectivity index is 1.59. The summed E-state index contributed by atoms with van der Waals surface area (Å²) in [7, 11) is 0. The number of piperidine rings is 1. The molecular weight excluding hydrogens is 304 g/mol. The Morgan fingerprint density at radius 2 is 1.75 bits per heavy atom. The van der Waals surface area contributed by atoms with E-state index in [1.54, 1.807) is 0 Å². The minimum Gasteiger partial charge on any atom is -0.444 e. The molecule has 2 fully saturated rings. The van der Waals surface area contributed by atoms with Crippen molar-refractivity contribution in [1.82, 2.24) is 10.2 Å². The summed E-state index contributed by atoms with van der Waals surface area (Å²) in [4.78, 5) is 25.1. The highest BCUT2D eigenvalue weighted by molar-refractivity contribution is 5.68. The first-order valence-electron chi connectivity index (χ1n) is 9.53. The summed E-state index contributed by atoms with van der Waals surface area (Å²) in [6.07, 6.45) is 8.60. The van der Waals surface area contributed by atoms with Gasteiger partial charge in [-0.05, 0) is 91.3 Å².